The number of nitrogens with one attached hydrogen (secondary N) is 2. The molecule has 0 spiro atoms. The van der Waals surface area contributed by atoms with Crippen molar-refractivity contribution in [3.63, 3.8) is 0 Å². The molecule has 2 N–H and O–H groups in total. The van der Waals surface area contributed by atoms with Crippen LogP contribution in [0.15, 0.2) is 33.4 Å². The zero-order valence-electron chi connectivity index (χ0n) is 9.71. The lowest BCUT2D eigenvalue weighted by Gasteiger charge is -2.03. The van der Waals surface area contributed by atoms with E-state index in [0.29, 0.717) is 0 Å². The molecule has 19 heavy (non-hydrogen) atoms. The molecule has 0 saturated heterocycles. The lowest BCUT2D eigenvalue weighted by Crippen LogP contribution is -2.15. The van der Waals surface area contributed by atoms with Gasteiger partial charge in [0.1, 0.15) is 10.6 Å². The molecule has 2 aromatic heterocycles. The number of carbonyl (C=O) groups excluding carboxylic acids is 1. The van der Waals surface area contributed by atoms with Crippen molar-refractivity contribution in [1.82, 2.24) is 9.97 Å². The summed E-state index contributed by atoms with van der Waals surface area (Å²) in [6, 6.07) is 2.29. The quantitative estimate of drug-likeness (QED) is 0.813. The number of anilines is 1. The molecule has 0 aliphatic heterocycles. The number of aromatic nitrogens is 2. The Labute approximate surface area is 112 Å². The second-order valence-corrected chi connectivity index (χ2v) is 6.13. The maximum Gasteiger partial charge on any atom is 0.265 e. The second-order valence-electron chi connectivity index (χ2n) is 3.59. The maximum absolute atomic E-state index is 11.9. The molecule has 0 fully saturated rings. The fraction of sp³-hybridized carbons (Fsp3) is 0.100. The zero-order valence-corrected chi connectivity index (χ0v) is 11.3. The van der Waals surface area contributed by atoms with Crippen LogP contribution in [0.2, 0.25) is 0 Å². The predicted octanol–water partition coefficient (Wildman–Crippen LogP) is 0.835. The summed E-state index contributed by atoms with van der Waals surface area (Å²) in [4.78, 5) is 27.9. The molecule has 0 radical (unpaired) electrons. The van der Waals surface area contributed by atoms with Crippen molar-refractivity contribution in [3.8, 4) is 0 Å². The van der Waals surface area contributed by atoms with Crippen molar-refractivity contribution >= 4 is 32.3 Å². The van der Waals surface area contributed by atoms with Gasteiger partial charge in [-0.3, -0.25) is 14.3 Å². The Bertz CT molecular complexity index is 756. The monoisotopic (exact) mass is 299 g/mol. The first kappa shape index (κ1) is 13.4. The Balaban J connectivity index is 2.28. The highest BCUT2D eigenvalue weighted by atomic mass is 32.2. The smallest absolute Gasteiger partial charge is 0.265 e. The number of hydrogen-bond donors (Lipinski definition) is 2. The summed E-state index contributed by atoms with van der Waals surface area (Å²) >= 11 is 1.01. The summed E-state index contributed by atoms with van der Waals surface area (Å²) in [6.07, 6.45) is 1.09. The Hall–Kier alpha value is -2.00. The summed E-state index contributed by atoms with van der Waals surface area (Å²) in [5.41, 5.74) is -0.198. The zero-order chi connectivity index (χ0) is 14.0. The van der Waals surface area contributed by atoms with Crippen LogP contribution >= 0.6 is 11.3 Å². The lowest BCUT2D eigenvalue weighted by molar-refractivity contribution is 0.101. The van der Waals surface area contributed by atoms with E-state index in [9.17, 15) is 18.0 Å². The van der Waals surface area contributed by atoms with Gasteiger partial charge in [0.2, 0.25) is 5.56 Å². The molecule has 0 aliphatic carbocycles. The van der Waals surface area contributed by atoms with E-state index in [2.05, 4.69) is 14.7 Å². The van der Waals surface area contributed by atoms with Gasteiger partial charge >= 0.3 is 0 Å². The molecule has 2 rings (SSSR count). The molecule has 0 aromatic carbocycles. The third-order valence-electron chi connectivity index (χ3n) is 2.15. The van der Waals surface area contributed by atoms with E-state index in [0.717, 1.165) is 23.6 Å². The van der Waals surface area contributed by atoms with Crippen LogP contribution in [0.4, 0.5) is 5.13 Å². The summed E-state index contributed by atoms with van der Waals surface area (Å²) in [7, 11) is -3.83. The first-order chi connectivity index (χ1) is 8.88. The van der Waals surface area contributed by atoms with Gasteiger partial charge in [-0.15, -0.1) is 11.3 Å². The van der Waals surface area contributed by atoms with Crippen molar-refractivity contribution in [2.24, 2.45) is 0 Å². The van der Waals surface area contributed by atoms with Gasteiger partial charge in [0.25, 0.3) is 10.0 Å². The second kappa shape index (κ2) is 4.94. The van der Waals surface area contributed by atoms with Crippen LogP contribution in [0, 0.1) is 0 Å². The number of rotatable bonds is 4. The number of carbonyl (C=O) groups is 1. The Morgan fingerprint density at radius 3 is 2.68 bits per heavy atom. The normalized spacial score (nSPS) is 11.2. The number of nitrogens with zero attached hydrogens (tertiary/aromatic N) is 1. The summed E-state index contributed by atoms with van der Waals surface area (Å²) in [6.45, 7) is 1.34. The van der Waals surface area contributed by atoms with Crippen molar-refractivity contribution < 1.29 is 13.2 Å². The number of ketones is 1. The highest BCUT2D eigenvalue weighted by Gasteiger charge is 2.16. The minimum atomic E-state index is -3.83. The van der Waals surface area contributed by atoms with Gasteiger partial charge in [0, 0.05) is 24.6 Å². The van der Waals surface area contributed by atoms with Crippen molar-refractivity contribution in [2.75, 3.05) is 4.72 Å². The molecule has 7 nitrogen and oxygen atoms in total. The molecule has 0 bridgehead atoms. The largest absolute Gasteiger partial charge is 0.328 e. The van der Waals surface area contributed by atoms with Crippen LogP contribution < -0.4 is 10.3 Å². The fourth-order valence-electron chi connectivity index (χ4n) is 1.22. The topological polar surface area (TPSA) is 109 Å². The number of hydrogen-bond acceptors (Lipinski definition) is 6. The van der Waals surface area contributed by atoms with E-state index >= 15 is 0 Å². The van der Waals surface area contributed by atoms with Crippen LogP contribution in [-0.4, -0.2) is 24.2 Å². The van der Waals surface area contributed by atoms with E-state index in [1.807, 2.05) is 0 Å². The van der Waals surface area contributed by atoms with E-state index in [1.54, 1.807) is 0 Å². The number of H-pyrrole nitrogens is 1. The van der Waals surface area contributed by atoms with Gasteiger partial charge in [-0.25, -0.2) is 13.4 Å². The lowest BCUT2D eigenvalue weighted by atomic mass is 10.4. The van der Waals surface area contributed by atoms with Gasteiger partial charge in [-0.1, -0.05) is 0 Å². The minimum Gasteiger partial charge on any atom is -0.328 e. The van der Waals surface area contributed by atoms with Crippen molar-refractivity contribution in [3.05, 3.63) is 39.8 Å². The summed E-state index contributed by atoms with van der Waals surface area (Å²) < 4.78 is 26.1. The molecule has 0 saturated carbocycles. The van der Waals surface area contributed by atoms with Crippen LogP contribution in [0.1, 0.15) is 17.4 Å². The van der Waals surface area contributed by atoms with Gasteiger partial charge in [0.15, 0.2) is 10.9 Å². The van der Waals surface area contributed by atoms with Crippen LogP contribution in [0.25, 0.3) is 0 Å². The molecule has 100 valence electrons. The highest BCUT2D eigenvalue weighted by molar-refractivity contribution is 7.93. The summed E-state index contributed by atoms with van der Waals surface area (Å²) in [5, 5.41) is 1.56. The molecule has 0 aliphatic rings. The summed E-state index contributed by atoms with van der Waals surface area (Å²) in [5.74, 6) is -0.245. The molecule has 0 amide bonds. The Kier molecular flexibility index (Phi) is 3.49. The first-order valence-corrected chi connectivity index (χ1v) is 7.43. The molecule has 9 heteroatoms. The van der Waals surface area contributed by atoms with Crippen LogP contribution in [-0.2, 0) is 10.0 Å². The number of thiazole rings is 1. The minimum absolute atomic E-state index is 0.0910. The van der Waals surface area contributed by atoms with Gasteiger partial charge in [-0.2, -0.15) is 0 Å². The highest BCUT2D eigenvalue weighted by Crippen LogP contribution is 2.19. The predicted molar refractivity (Wildman–Crippen MR) is 70.0 cm³/mol. The molecule has 0 unspecified atom stereocenters. The number of aromatic amines is 1. The van der Waals surface area contributed by atoms with Gasteiger partial charge < -0.3 is 4.98 Å². The number of sulfonamides is 1. The van der Waals surface area contributed by atoms with Crippen LogP contribution in [0.5, 0.6) is 0 Å². The van der Waals surface area contributed by atoms with Gasteiger partial charge in [-0.05, 0) is 6.07 Å². The van der Waals surface area contributed by atoms with E-state index in [1.165, 1.54) is 18.4 Å². The Morgan fingerprint density at radius 2 is 2.16 bits per heavy atom. The standard InChI is InChI=1S/C10H9N3O4S2/c1-6(14)8-5-18-10(12-8)13-19(16,17)7-2-3-9(15)11-4-7/h2-5H,1H3,(H,11,15)(H,12,13). The average molecular weight is 299 g/mol. The van der Waals surface area contributed by atoms with Gasteiger partial charge in [0.05, 0.1) is 0 Å². The Morgan fingerprint density at radius 1 is 1.42 bits per heavy atom. The third-order valence-corrected chi connectivity index (χ3v) is 4.38. The SMILES string of the molecule is CC(=O)c1csc(NS(=O)(=O)c2ccc(=O)[nH]c2)n1. The van der Waals surface area contributed by atoms with Crippen LogP contribution in [0.3, 0.4) is 0 Å². The molecular weight excluding hydrogens is 290 g/mol. The first-order valence-electron chi connectivity index (χ1n) is 5.06. The molecular formula is C10H9N3O4S2. The molecule has 2 aromatic rings. The van der Waals surface area contributed by atoms with E-state index in [-0.39, 0.29) is 21.5 Å². The molecule has 0 atom stereocenters. The van der Waals surface area contributed by atoms with E-state index < -0.39 is 15.6 Å². The number of Topliss-reactive ketones (excluding diaryl/α,β-unsaturated/α-hetero) is 1. The maximum atomic E-state index is 11.9. The third kappa shape index (κ3) is 3.06. The van der Waals surface area contributed by atoms with E-state index in [4.69, 9.17) is 0 Å². The van der Waals surface area contributed by atoms with Crippen molar-refractivity contribution in [1.29, 1.82) is 0 Å². The fourth-order valence-corrected chi connectivity index (χ4v) is 3.19. The molecule has 2 heterocycles. The number of pyridine rings is 1. The van der Waals surface area contributed by atoms with Crippen molar-refractivity contribution in [2.45, 2.75) is 11.8 Å². The average Bonchev–Trinajstić information content (AvgIpc) is 2.77.